The minimum absolute atomic E-state index is 0.0853. The summed E-state index contributed by atoms with van der Waals surface area (Å²) in [5.74, 6) is 0. The average molecular weight is 294 g/mol. The Bertz CT molecular complexity index is 490. The van der Waals surface area contributed by atoms with Gasteiger partial charge in [0.1, 0.15) is 0 Å². The molecule has 2 N–H and O–H groups in total. The molecular formula is C11H16ClNO4S. The molecule has 7 heteroatoms. The van der Waals surface area contributed by atoms with Gasteiger partial charge in [-0.3, -0.25) is 0 Å². The van der Waals surface area contributed by atoms with Crippen molar-refractivity contribution in [3.05, 3.63) is 28.8 Å². The fraction of sp³-hybridized carbons (Fsp3) is 0.455. The molecule has 0 aliphatic carbocycles. The molecule has 0 atom stereocenters. The van der Waals surface area contributed by atoms with Crippen molar-refractivity contribution < 1.29 is 18.3 Å². The Morgan fingerprint density at radius 1 is 1.44 bits per heavy atom. The number of sulfonamides is 1. The van der Waals surface area contributed by atoms with Crippen molar-refractivity contribution >= 4 is 21.6 Å². The summed E-state index contributed by atoms with van der Waals surface area (Å²) in [7, 11) is -2.00. The average Bonchev–Trinajstić information content (AvgIpc) is 2.34. The van der Waals surface area contributed by atoms with Gasteiger partial charge in [-0.25, -0.2) is 13.1 Å². The summed E-state index contributed by atoms with van der Waals surface area (Å²) >= 11 is 5.85. The summed E-state index contributed by atoms with van der Waals surface area (Å²) in [4.78, 5) is 0.0853. The second-order valence-electron chi connectivity index (χ2n) is 3.66. The van der Waals surface area contributed by atoms with Crippen molar-refractivity contribution in [3.63, 3.8) is 0 Å². The second kappa shape index (κ2) is 7.06. The van der Waals surface area contributed by atoms with E-state index in [-0.39, 0.29) is 16.5 Å². The van der Waals surface area contributed by atoms with Crippen LogP contribution in [0.15, 0.2) is 23.1 Å². The van der Waals surface area contributed by atoms with Gasteiger partial charge < -0.3 is 9.84 Å². The topological polar surface area (TPSA) is 75.6 Å². The zero-order chi connectivity index (χ0) is 13.6. The Morgan fingerprint density at radius 2 is 2.17 bits per heavy atom. The van der Waals surface area contributed by atoms with Crippen LogP contribution in [0, 0.1) is 0 Å². The number of aliphatic hydroxyl groups excluding tert-OH is 1. The highest BCUT2D eigenvalue weighted by Crippen LogP contribution is 2.20. The number of ether oxygens (including phenoxy) is 1. The van der Waals surface area contributed by atoms with Crippen molar-refractivity contribution in [2.45, 2.75) is 17.9 Å². The van der Waals surface area contributed by atoms with E-state index in [1.54, 1.807) is 7.11 Å². The highest BCUT2D eigenvalue weighted by atomic mass is 35.5. The SMILES string of the molecule is COCCCNS(=O)(=O)c1ccc(CO)c(Cl)c1. The second-order valence-corrected chi connectivity index (χ2v) is 5.83. The van der Waals surface area contributed by atoms with E-state index in [1.807, 2.05) is 0 Å². The van der Waals surface area contributed by atoms with Crippen LogP contribution < -0.4 is 4.72 Å². The maximum Gasteiger partial charge on any atom is 0.240 e. The third-order valence-corrected chi connectivity index (χ3v) is 4.13. The first kappa shape index (κ1) is 15.4. The number of methoxy groups -OCH3 is 1. The first-order valence-electron chi connectivity index (χ1n) is 5.39. The maximum atomic E-state index is 11.9. The van der Waals surface area contributed by atoms with Gasteiger partial charge in [0.25, 0.3) is 0 Å². The Kier molecular flexibility index (Phi) is 6.04. The highest BCUT2D eigenvalue weighted by Gasteiger charge is 2.14. The van der Waals surface area contributed by atoms with Crippen LogP contribution >= 0.6 is 11.6 Å². The predicted octanol–water partition coefficient (Wildman–Crippen LogP) is 1.15. The molecule has 0 aromatic heterocycles. The van der Waals surface area contributed by atoms with Crippen molar-refractivity contribution in [2.24, 2.45) is 0 Å². The molecule has 5 nitrogen and oxygen atoms in total. The van der Waals surface area contributed by atoms with E-state index in [0.29, 0.717) is 25.1 Å². The minimum atomic E-state index is -3.56. The number of nitrogens with one attached hydrogen (secondary N) is 1. The Hall–Kier alpha value is -0.660. The number of rotatable bonds is 7. The lowest BCUT2D eigenvalue weighted by atomic mass is 10.2. The van der Waals surface area contributed by atoms with E-state index in [1.165, 1.54) is 18.2 Å². The third-order valence-electron chi connectivity index (χ3n) is 2.32. The summed E-state index contributed by atoms with van der Waals surface area (Å²) < 4.78 is 31.0. The van der Waals surface area contributed by atoms with Gasteiger partial charge in [0.2, 0.25) is 10.0 Å². The zero-order valence-electron chi connectivity index (χ0n) is 10.0. The van der Waals surface area contributed by atoms with Gasteiger partial charge in [-0.05, 0) is 24.1 Å². The largest absolute Gasteiger partial charge is 0.392 e. The number of halogens is 1. The number of aliphatic hydroxyl groups is 1. The van der Waals surface area contributed by atoms with Gasteiger partial charge in [-0.2, -0.15) is 0 Å². The molecule has 0 spiro atoms. The minimum Gasteiger partial charge on any atom is -0.392 e. The van der Waals surface area contributed by atoms with E-state index >= 15 is 0 Å². The van der Waals surface area contributed by atoms with Crippen LogP contribution in [0.1, 0.15) is 12.0 Å². The van der Waals surface area contributed by atoms with E-state index in [4.69, 9.17) is 21.4 Å². The molecular weight excluding hydrogens is 278 g/mol. The molecule has 0 saturated heterocycles. The van der Waals surface area contributed by atoms with Gasteiger partial charge in [-0.15, -0.1) is 0 Å². The molecule has 0 unspecified atom stereocenters. The quantitative estimate of drug-likeness (QED) is 0.740. The number of hydrogen-bond acceptors (Lipinski definition) is 4. The Balaban J connectivity index is 2.76. The van der Waals surface area contributed by atoms with Crippen LogP contribution in [0.3, 0.4) is 0 Å². The highest BCUT2D eigenvalue weighted by molar-refractivity contribution is 7.89. The smallest absolute Gasteiger partial charge is 0.240 e. The first-order chi connectivity index (χ1) is 8.51. The van der Waals surface area contributed by atoms with Gasteiger partial charge in [0, 0.05) is 25.3 Å². The van der Waals surface area contributed by atoms with Crippen LogP contribution in [-0.2, 0) is 21.4 Å². The fourth-order valence-electron chi connectivity index (χ4n) is 1.33. The zero-order valence-corrected chi connectivity index (χ0v) is 11.6. The fourth-order valence-corrected chi connectivity index (χ4v) is 2.73. The molecule has 0 bridgehead atoms. The van der Waals surface area contributed by atoms with Crippen LogP contribution in [0.5, 0.6) is 0 Å². The van der Waals surface area contributed by atoms with Gasteiger partial charge in [0.05, 0.1) is 11.5 Å². The lowest BCUT2D eigenvalue weighted by molar-refractivity contribution is 0.196. The summed E-state index contributed by atoms with van der Waals surface area (Å²) in [5.41, 5.74) is 0.495. The standard InChI is InChI=1S/C11H16ClNO4S/c1-17-6-2-5-13-18(15,16)10-4-3-9(8-14)11(12)7-10/h3-4,7,13-14H,2,5-6,8H2,1H3. The first-order valence-corrected chi connectivity index (χ1v) is 7.25. The van der Waals surface area contributed by atoms with E-state index < -0.39 is 10.0 Å². The lowest BCUT2D eigenvalue weighted by Crippen LogP contribution is -2.25. The molecule has 0 heterocycles. The molecule has 1 aromatic carbocycles. The molecule has 102 valence electrons. The summed E-state index contributed by atoms with van der Waals surface area (Å²) in [5, 5.41) is 9.18. The molecule has 0 fully saturated rings. The van der Waals surface area contributed by atoms with E-state index in [0.717, 1.165) is 0 Å². The molecule has 0 amide bonds. The van der Waals surface area contributed by atoms with E-state index in [9.17, 15) is 8.42 Å². The van der Waals surface area contributed by atoms with Gasteiger partial charge >= 0.3 is 0 Å². The molecule has 0 saturated carbocycles. The summed E-state index contributed by atoms with van der Waals surface area (Å²) in [6.45, 7) is 0.572. The van der Waals surface area contributed by atoms with Crippen LogP contribution in [0.2, 0.25) is 5.02 Å². The lowest BCUT2D eigenvalue weighted by Gasteiger charge is -2.08. The Morgan fingerprint density at radius 3 is 2.72 bits per heavy atom. The van der Waals surface area contributed by atoms with Crippen LogP contribution in [0.25, 0.3) is 0 Å². The van der Waals surface area contributed by atoms with Crippen LogP contribution in [-0.4, -0.2) is 33.8 Å². The molecule has 18 heavy (non-hydrogen) atoms. The predicted molar refractivity (Wildman–Crippen MR) is 69.1 cm³/mol. The van der Waals surface area contributed by atoms with Crippen molar-refractivity contribution in [1.82, 2.24) is 4.72 Å². The third kappa shape index (κ3) is 4.22. The normalized spacial score (nSPS) is 11.7. The van der Waals surface area contributed by atoms with Crippen molar-refractivity contribution in [2.75, 3.05) is 20.3 Å². The molecule has 1 rings (SSSR count). The van der Waals surface area contributed by atoms with Crippen LogP contribution in [0.4, 0.5) is 0 Å². The van der Waals surface area contributed by atoms with Gasteiger partial charge in [-0.1, -0.05) is 17.7 Å². The monoisotopic (exact) mass is 293 g/mol. The summed E-state index contributed by atoms with van der Waals surface area (Å²) in [6, 6.07) is 4.23. The number of benzene rings is 1. The summed E-state index contributed by atoms with van der Waals surface area (Å²) in [6.07, 6.45) is 0.595. The number of hydrogen-bond donors (Lipinski definition) is 2. The van der Waals surface area contributed by atoms with E-state index in [2.05, 4.69) is 4.72 Å². The van der Waals surface area contributed by atoms with Gasteiger partial charge in [0.15, 0.2) is 0 Å². The Labute approximate surface area is 112 Å². The molecule has 0 aliphatic heterocycles. The maximum absolute atomic E-state index is 11.9. The van der Waals surface area contributed by atoms with Crippen molar-refractivity contribution in [3.8, 4) is 0 Å². The van der Waals surface area contributed by atoms with Crippen molar-refractivity contribution in [1.29, 1.82) is 0 Å². The molecule has 0 aliphatic rings. The molecule has 1 aromatic rings. The molecule has 0 radical (unpaired) electrons.